The standard InChI is InChI=1S/C20H21N5O2/c26-19(17-6-10-21-22-17)24-11-8-20(9-12-24)18-15(7-13-27-20)14-25(23-18)16-4-2-1-3-5-16/h1-6,10,14H,7-9,11-13H2,(H,21,22). The first kappa shape index (κ1) is 16.3. The van der Waals surface area contributed by atoms with Crippen LogP contribution in [0.15, 0.2) is 48.8 Å². The summed E-state index contributed by atoms with van der Waals surface area (Å²) in [4.78, 5) is 14.4. The third-order valence-electron chi connectivity index (χ3n) is 5.58. The van der Waals surface area contributed by atoms with Crippen LogP contribution in [-0.2, 0) is 16.8 Å². The van der Waals surface area contributed by atoms with Gasteiger partial charge in [0.2, 0.25) is 0 Å². The number of amides is 1. The summed E-state index contributed by atoms with van der Waals surface area (Å²) < 4.78 is 8.21. The molecule has 0 saturated carbocycles. The lowest BCUT2D eigenvalue weighted by Crippen LogP contribution is -2.48. The molecule has 2 aromatic heterocycles. The van der Waals surface area contributed by atoms with Crippen molar-refractivity contribution in [2.45, 2.75) is 24.9 Å². The average Bonchev–Trinajstić information content (AvgIpc) is 3.40. The van der Waals surface area contributed by atoms with Gasteiger partial charge in [0, 0.05) is 25.5 Å². The number of fused-ring (bicyclic) bond motifs is 2. The number of piperidine rings is 1. The van der Waals surface area contributed by atoms with Gasteiger partial charge >= 0.3 is 0 Å². The first-order chi connectivity index (χ1) is 13.3. The van der Waals surface area contributed by atoms with Crippen LogP contribution in [0.5, 0.6) is 0 Å². The zero-order valence-electron chi connectivity index (χ0n) is 15.0. The lowest BCUT2D eigenvalue weighted by Gasteiger charge is -2.42. The van der Waals surface area contributed by atoms with E-state index in [0.717, 1.165) is 30.6 Å². The minimum absolute atomic E-state index is 0.00630. The number of carbonyl (C=O) groups is 1. The number of rotatable bonds is 2. The van der Waals surface area contributed by atoms with Crippen molar-refractivity contribution in [1.29, 1.82) is 0 Å². The molecular weight excluding hydrogens is 342 g/mol. The molecule has 7 heteroatoms. The second-order valence-corrected chi connectivity index (χ2v) is 7.14. The average molecular weight is 363 g/mol. The van der Waals surface area contributed by atoms with E-state index in [9.17, 15) is 4.79 Å². The van der Waals surface area contributed by atoms with E-state index in [1.807, 2.05) is 27.8 Å². The van der Waals surface area contributed by atoms with Crippen molar-refractivity contribution >= 4 is 5.91 Å². The smallest absolute Gasteiger partial charge is 0.271 e. The van der Waals surface area contributed by atoms with E-state index in [-0.39, 0.29) is 5.91 Å². The summed E-state index contributed by atoms with van der Waals surface area (Å²) in [6.45, 7) is 1.99. The zero-order valence-corrected chi connectivity index (χ0v) is 15.0. The molecular formula is C20H21N5O2. The fourth-order valence-corrected chi connectivity index (χ4v) is 4.11. The number of likely N-dealkylation sites (tertiary alicyclic amines) is 1. The maximum absolute atomic E-state index is 12.6. The Morgan fingerprint density at radius 3 is 2.70 bits per heavy atom. The van der Waals surface area contributed by atoms with Gasteiger partial charge in [0.1, 0.15) is 11.3 Å². The fourth-order valence-electron chi connectivity index (χ4n) is 4.11. The highest BCUT2D eigenvalue weighted by Gasteiger charge is 2.44. The molecule has 1 aromatic carbocycles. The second kappa shape index (κ2) is 6.35. The van der Waals surface area contributed by atoms with Gasteiger partial charge in [-0.05, 0) is 43.0 Å². The Labute approximate surface area is 156 Å². The topological polar surface area (TPSA) is 76.0 Å². The second-order valence-electron chi connectivity index (χ2n) is 7.14. The molecule has 1 fully saturated rings. The molecule has 1 N–H and O–H groups in total. The van der Waals surface area contributed by atoms with E-state index in [0.29, 0.717) is 25.4 Å². The normalized spacial score (nSPS) is 18.4. The highest BCUT2D eigenvalue weighted by atomic mass is 16.5. The Morgan fingerprint density at radius 2 is 1.96 bits per heavy atom. The molecule has 1 spiro atoms. The first-order valence-electron chi connectivity index (χ1n) is 9.32. The molecule has 0 aliphatic carbocycles. The van der Waals surface area contributed by atoms with Crippen molar-refractivity contribution < 1.29 is 9.53 Å². The number of aromatic amines is 1. The SMILES string of the molecule is O=C(c1ccn[nH]1)N1CCC2(CC1)OCCc1cn(-c3ccccc3)nc12. The summed E-state index contributed by atoms with van der Waals surface area (Å²) in [6.07, 6.45) is 6.11. The Morgan fingerprint density at radius 1 is 1.15 bits per heavy atom. The zero-order chi connectivity index (χ0) is 18.3. The lowest BCUT2D eigenvalue weighted by molar-refractivity contribution is -0.0963. The molecule has 1 saturated heterocycles. The van der Waals surface area contributed by atoms with Crippen LogP contribution in [0.4, 0.5) is 0 Å². The minimum atomic E-state index is -0.390. The summed E-state index contributed by atoms with van der Waals surface area (Å²) >= 11 is 0. The van der Waals surface area contributed by atoms with Crippen LogP contribution >= 0.6 is 0 Å². The summed E-state index contributed by atoms with van der Waals surface area (Å²) in [7, 11) is 0. The number of nitrogens with zero attached hydrogens (tertiary/aromatic N) is 4. The molecule has 0 atom stereocenters. The van der Waals surface area contributed by atoms with Gasteiger partial charge in [-0.1, -0.05) is 18.2 Å². The van der Waals surface area contributed by atoms with Crippen LogP contribution in [0.25, 0.3) is 5.69 Å². The first-order valence-corrected chi connectivity index (χ1v) is 9.32. The number of hydrogen-bond donors (Lipinski definition) is 1. The van der Waals surface area contributed by atoms with E-state index in [2.05, 4.69) is 28.5 Å². The monoisotopic (exact) mass is 363 g/mol. The van der Waals surface area contributed by atoms with Gasteiger partial charge in [-0.15, -0.1) is 0 Å². The molecule has 27 heavy (non-hydrogen) atoms. The largest absolute Gasteiger partial charge is 0.368 e. The Bertz CT molecular complexity index is 940. The Balaban J connectivity index is 1.40. The predicted octanol–water partition coefficient (Wildman–Crippen LogP) is 2.30. The Hall–Kier alpha value is -2.93. The number of hydrogen-bond acceptors (Lipinski definition) is 4. The van der Waals surface area contributed by atoms with Crippen molar-refractivity contribution in [1.82, 2.24) is 24.9 Å². The number of carbonyl (C=O) groups excluding carboxylic acids is 1. The maximum atomic E-state index is 12.6. The van der Waals surface area contributed by atoms with Gasteiger partial charge in [0.15, 0.2) is 0 Å². The maximum Gasteiger partial charge on any atom is 0.271 e. The molecule has 1 amide bonds. The summed E-state index contributed by atoms with van der Waals surface area (Å²) in [5.41, 5.74) is 3.47. The van der Waals surface area contributed by atoms with Gasteiger partial charge in [0.25, 0.3) is 5.91 Å². The quantitative estimate of drug-likeness (QED) is 0.758. The van der Waals surface area contributed by atoms with Crippen LogP contribution in [0.1, 0.15) is 34.6 Å². The highest BCUT2D eigenvalue weighted by molar-refractivity contribution is 5.92. The third-order valence-corrected chi connectivity index (χ3v) is 5.58. The van der Waals surface area contributed by atoms with E-state index >= 15 is 0 Å². The molecule has 0 radical (unpaired) electrons. The molecule has 5 rings (SSSR count). The van der Waals surface area contributed by atoms with Gasteiger partial charge in [-0.25, -0.2) is 4.68 Å². The fraction of sp³-hybridized carbons (Fsp3) is 0.350. The van der Waals surface area contributed by atoms with Crippen molar-refractivity contribution in [3.8, 4) is 5.69 Å². The molecule has 138 valence electrons. The molecule has 2 aliphatic heterocycles. The number of H-pyrrole nitrogens is 1. The van der Waals surface area contributed by atoms with E-state index in [1.54, 1.807) is 12.3 Å². The summed E-state index contributed by atoms with van der Waals surface area (Å²) in [6, 6.07) is 11.9. The molecule has 0 bridgehead atoms. The van der Waals surface area contributed by atoms with Crippen molar-refractivity contribution in [3.05, 3.63) is 65.7 Å². The van der Waals surface area contributed by atoms with E-state index in [1.165, 1.54) is 5.56 Å². The van der Waals surface area contributed by atoms with Crippen molar-refractivity contribution in [2.24, 2.45) is 0 Å². The van der Waals surface area contributed by atoms with E-state index in [4.69, 9.17) is 9.84 Å². The molecule has 2 aliphatic rings. The number of para-hydroxylation sites is 1. The predicted molar refractivity (Wildman–Crippen MR) is 98.6 cm³/mol. The molecule has 0 unspecified atom stereocenters. The molecule has 3 aromatic rings. The van der Waals surface area contributed by atoms with Crippen LogP contribution in [0.2, 0.25) is 0 Å². The van der Waals surface area contributed by atoms with Gasteiger partial charge in [-0.2, -0.15) is 10.2 Å². The minimum Gasteiger partial charge on any atom is -0.368 e. The number of ether oxygens (including phenoxy) is 1. The van der Waals surface area contributed by atoms with Gasteiger partial charge < -0.3 is 9.64 Å². The molecule has 7 nitrogen and oxygen atoms in total. The third kappa shape index (κ3) is 2.75. The van der Waals surface area contributed by atoms with Crippen LogP contribution in [0, 0.1) is 0 Å². The summed E-state index contributed by atoms with van der Waals surface area (Å²) in [5.74, 6) is -0.00630. The van der Waals surface area contributed by atoms with Crippen LogP contribution < -0.4 is 0 Å². The molecule has 4 heterocycles. The lowest BCUT2D eigenvalue weighted by atomic mass is 9.83. The van der Waals surface area contributed by atoms with Crippen LogP contribution in [-0.4, -0.2) is 50.5 Å². The van der Waals surface area contributed by atoms with Gasteiger partial charge in [0.05, 0.1) is 18.0 Å². The number of aromatic nitrogens is 4. The van der Waals surface area contributed by atoms with Crippen LogP contribution in [0.3, 0.4) is 0 Å². The van der Waals surface area contributed by atoms with Gasteiger partial charge in [-0.3, -0.25) is 9.89 Å². The van der Waals surface area contributed by atoms with Crippen molar-refractivity contribution in [3.63, 3.8) is 0 Å². The number of benzene rings is 1. The number of nitrogens with one attached hydrogen (secondary N) is 1. The van der Waals surface area contributed by atoms with Crippen molar-refractivity contribution in [2.75, 3.05) is 19.7 Å². The highest BCUT2D eigenvalue weighted by Crippen LogP contribution is 2.41. The van der Waals surface area contributed by atoms with E-state index < -0.39 is 5.60 Å². The summed E-state index contributed by atoms with van der Waals surface area (Å²) in [5, 5.41) is 11.5. The Kier molecular flexibility index (Phi) is 3.82.